The lowest BCUT2D eigenvalue weighted by Gasteiger charge is -2.10. The number of carbonyl (C=O) groups excluding carboxylic acids is 1. The van der Waals surface area contributed by atoms with E-state index in [9.17, 15) is 4.79 Å². The van der Waals surface area contributed by atoms with Crippen molar-refractivity contribution in [3.05, 3.63) is 96.4 Å². The summed E-state index contributed by atoms with van der Waals surface area (Å²) in [6.07, 6.45) is 3.21. The Bertz CT molecular complexity index is 1200. The highest BCUT2D eigenvalue weighted by Gasteiger charge is 2.06. The Balaban J connectivity index is 1.23. The second-order valence-corrected chi connectivity index (χ2v) is 7.25. The largest absolute Gasteiger partial charge is 0.457 e. The topological polar surface area (TPSA) is 101 Å². The second kappa shape index (κ2) is 10.7. The van der Waals surface area contributed by atoms with E-state index in [1.807, 2.05) is 49.4 Å². The average molecular weight is 441 g/mol. The second-order valence-electron chi connectivity index (χ2n) is 7.25. The van der Waals surface area contributed by atoms with Gasteiger partial charge in [-0.1, -0.05) is 18.2 Å². The van der Waals surface area contributed by atoms with Gasteiger partial charge >= 0.3 is 0 Å². The van der Waals surface area contributed by atoms with Gasteiger partial charge in [0, 0.05) is 30.9 Å². The molecule has 0 radical (unpaired) electrons. The molecule has 166 valence electrons. The van der Waals surface area contributed by atoms with Crippen LogP contribution in [0.15, 0.2) is 85.3 Å². The van der Waals surface area contributed by atoms with E-state index >= 15 is 0 Å². The van der Waals surface area contributed by atoms with Crippen molar-refractivity contribution in [2.45, 2.75) is 6.92 Å². The Morgan fingerprint density at radius 1 is 0.818 bits per heavy atom. The highest BCUT2D eigenvalue weighted by atomic mass is 16.5. The van der Waals surface area contributed by atoms with Crippen LogP contribution in [0.5, 0.6) is 11.5 Å². The van der Waals surface area contributed by atoms with Crippen LogP contribution in [-0.4, -0.2) is 33.9 Å². The van der Waals surface area contributed by atoms with E-state index < -0.39 is 0 Å². The standard InChI is InChI=1S/C25H24N6O2/c1-18-11-12-26-23(15-18)31-24-16-22(29-17-30-24)27-13-14-28-25(32)19-7-9-21(10-8-19)33-20-5-3-2-4-6-20/h2-12,15-17H,13-14H2,1H3,(H,28,32)(H2,26,27,29,30,31). The fourth-order valence-electron chi connectivity index (χ4n) is 3.03. The number of amides is 1. The molecule has 0 atom stereocenters. The van der Waals surface area contributed by atoms with Gasteiger partial charge in [0.1, 0.15) is 35.3 Å². The summed E-state index contributed by atoms with van der Waals surface area (Å²) < 4.78 is 5.75. The third-order valence-electron chi connectivity index (χ3n) is 4.65. The zero-order chi connectivity index (χ0) is 22.9. The van der Waals surface area contributed by atoms with Crippen molar-refractivity contribution in [2.75, 3.05) is 23.7 Å². The van der Waals surface area contributed by atoms with Gasteiger partial charge in [0.05, 0.1) is 0 Å². The normalized spacial score (nSPS) is 10.3. The molecular formula is C25H24N6O2. The molecule has 3 N–H and O–H groups in total. The van der Waals surface area contributed by atoms with Crippen LogP contribution in [0.1, 0.15) is 15.9 Å². The van der Waals surface area contributed by atoms with E-state index in [0.717, 1.165) is 11.3 Å². The predicted octanol–water partition coefficient (Wildman–Crippen LogP) is 4.56. The molecule has 8 heteroatoms. The molecule has 0 aliphatic carbocycles. The van der Waals surface area contributed by atoms with Gasteiger partial charge in [-0.3, -0.25) is 4.79 Å². The van der Waals surface area contributed by atoms with Gasteiger partial charge in [0.25, 0.3) is 5.91 Å². The van der Waals surface area contributed by atoms with Gasteiger partial charge in [0.2, 0.25) is 0 Å². The van der Waals surface area contributed by atoms with E-state index in [-0.39, 0.29) is 5.91 Å². The van der Waals surface area contributed by atoms with Gasteiger partial charge < -0.3 is 20.7 Å². The van der Waals surface area contributed by atoms with Crippen molar-refractivity contribution in [1.29, 1.82) is 0 Å². The number of aromatic nitrogens is 3. The molecule has 33 heavy (non-hydrogen) atoms. The molecule has 0 unspecified atom stereocenters. The summed E-state index contributed by atoms with van der Waals surface area (Å²) >= 11 is 0. The third-order valence-corrected chi connectivity index (χ3v) is 4.65. The molecule has 0 bridgehead atoms. The smallest absolute Gasteiger partial charge is 0.251 e. The molecule has 0 aliphatic rings. The zero-order valence-corrected chi connectivity index (χ0v) is 18.2. The Morgan fingerprint density at radius 3 is 2.33 bits per heavy atom. The molecular weight excluding hydrogens is 416 g/mol. The molecule has 4 rings (SSSR count). The number of nitrogens with one attached hydrogen (secondary N) is 3. The third kappa shape index (κ3) is 6.51. The van der Waals surface area contributed by atoms with Crippen LogP contribution in [0.4, 0.5) is 17.5 Å². The number of pyridine rings is 1. The number of aryl methyl sites for hydroxylation is 1. The lowest BCUT2D eigenvalue weighted by atomic mass is 10.2. The molecule has 8 nitrogen and oxygen atoms in total. The van der Waals surface area contributed by atoms with Crippen LogP contribution >= 0.6 is 0 Å². The number of rotatable bonds is 9. The van der Waals surface area contributed by atoms with Gasteiger partial charge in [-0.15, -0.1) is 0 Å². The predicted molar refractivity (Wildman–Crippen MR) is 128 cm³/mol. The van der Waals surface area contributed by atoms with Crippen molar-refractivity contribution >= 4 is 23.4 Å². The fourth-order valence-corrected chi connectivity index (χ4v) is 3.03. The van der Waals surface area contributed by atoms with E-state index in [1.54, 1.807) is 36.5 Å². The Kier molecular flexibility index (Phi) is 7.07. The minimum atomic E-state index is -0.154. The SMILES string of the molecule is Cc1ccnc(Nc2cc(NCCNC(=O)c3ccc(Oc4ccccc4)cc3)ncn2)c1. The number of ether oxygens (including phenoxy) is 1. The van der Waals surface area contributed by atoms with Crippen LogP contribution in [0.25, 0.3) is 0 Å². The van der Waals surface area contributed by atoms with Crippen LogP contribution in [0, 0.1) is 6.92 Å². The van der Waals surface area contributed by atoms with Crippen molar-refractivity contribution in [1.82, 2.24) is 20.3 Å². The molecule has 0 aliphatic heterocycles. The first-order valence-corrected chi connectivity index (χ1v) is 10.5. The lowest BCUT2D eigenvalue weighted by molar-refractivity contribution is 0.0955. The summed E-state index contributed by atoms with van der Waals surface area (Å²) in [5, 5.41) is 9.22. The highest BCUT2D eigenvalue weighted by molar-refractivity contribution is 5.94. The van der Waals surface area contributed by atoms with Crippen molar-refractivity contribution in [2.24, 2.45) is 0 Å². The van der Waals surface area contributed by atoms with Crippen LogP contribution in [0.3, 0.4) is 0 Å². The number of nitrogens with zero attached hydrogens (tertiary/aromatic N) is 3. The number of carbonyl (C=O) groups is 1. The highest BCUT2D eigenvalue weighted by Crippen LogP contribution is 2.21. The first-order chi connectivity index (χ1) is 16.2. The molecule has 2 aromatic heterocycles. The van der Waals surface area contributed by atoms with Crippen LogP contribution in [-0.2, 0) is 0 Å². The number of hydrogen-bond acceptors (Lipinski definition) is 7. The number of hydrogen-bond donors (Lipinski definition) is 3. The Morgan fingerprint density at radius 2 is 1.55 bits per heavy atom. The van der Waals surface area contributed by atoms with E-state index in [1.165, 1.54) is 6.33 Å². The average Bonchev–Trinajstić information content (AvgIpc) is 2.83. The van der Waals surface area contributed by atoms with E-state index in [4.69, 9.17) is 4.74 Å². The fraction of sp³-hybridized carbons (Fsp3) is 0.120. The molecule has 0 saturated carbocycles. The molecule has 0 fully saturated rings. The minimum Gasteiger partial charge on any atom is -0.457 e. The molecule has 4 aromatic rings. The minimum absolute atomic E-state index is 0.154. The molecule has 1 amide bonds. The number of anilines is 3. The molecule has 2 heterocycles. The molecule has 0 saturated heterocycles. The monoisotopic (exact) mass is 440 g/mol. The zero-order valence-electron chi connectivity index (χ0n) is 18.2. The maximum atomic E-state index is 12.4. The van der Waals surface area contributed by atoms with Crippen LogP contribution < -0.4 is 20.7 Å². The maximum absolute atomic E-state index is 12.4. The summed E-state index contributed by atoms with van der Waals surface area (Å²) in [5.74, 6) is 3.27. The summed E-state index contributed by atoms with van der Waals surface area (Å²) in [6, 6.07) is 22.2. The number of para-hydroxylation sites is 1. The maximum Gasteiger partial charge on any atom is 0.251 e. The summed E-state index contributed by atoms with van der Waals surface area (Å²) in [6.45, 7) is 2.95. The summed E-state index contributed by atoms with van der Waals surface area (Å²) in [4.78, 5) is 25.1. The molecule has 2 aromatic carbocycles. The van der Waals surface area contributed by atoms with Crippen LogP contribution in [0.2, 0.25) is 0 Å². The molecule has 0 spiro atoms. The number of benzene rings is 2. The summed E-state index contributed by atoms with van der Waals surface area (Å²) in [7, 11) is 0. The van der Waals surface area contributed by atoms with Crippen molar-refractivity contribution in [3.8, 4) is 11.5 Å². The van der Waals surface area contributed by atoms with Gasteiger partial charge in [-0.2, -0.15) is 0 Å². The Hall–Kier alpha value is -4.46. The van der Waals surface area contributed by atoms with Crippen molar-refractivity contribution in [3.63, 3.8) is 0 Å². The van der Waals surface area contributed by atoms with Gasteiger partial charge in [-0.05, 0) is 61.0 Å². The Labute approximate surface area is 192 Å². The van der Waals surface area contributed by atoms with E-state index in [2.05, 4.69) is 30.9 Å². The van der Waals surface area contributed by atoms with Crippen molar-refractivity contribution < 1.29 is 9.53 Å². The lowest BCUT2D eigenvalue weighted by Crippen LogP contribution is -2.28. The first kappa shape index (κ1) is 21.8. The van der Waals surface area contributed by atoms with E-state index in [0.29, 0.717) is 41.9 Å². The summed E-state index contributed by atoms with van der Waals surface area (Å²) in [5.41, 5.74) is 1.67. The van der Waals surface area contributed by atoms with Gasteiger partial charge in [-0.25, -0.2) is 15.0 Å². The van der Waals surface area contributed by atoms with Gasteiger partial charge in [0.15, 0.2) is 0 Å². The first-order valence-electron chi connectivity index (χ1n) is 10.5. The quantitative estimate of drug-likeness (QED) is 0.328.